The van der Waals surface area contributed by atoms with E-state index in [9.17, 15) is 0 Å². The van der Waals surface area contributed by atoms with E-state index >= 15 is 0 Å². The predicted octanol–water partition coefficient (Wildman–Crippen LogP) is 3.15. The van der Waals surface area contributed by atoms with Crippen LogP contribution in [0.25, 0.3) is 0 Å². The number of nitrogens with zero attached hydrogens (tertiary/aromatic N) is 1. The van der Waals surface area contributed by atoms with Gasteiger partial charge in [0.2, 0.25) is 0 Å². The van der Waals surface area contributed by atoms with Crippen molar-refractivity contribution in [2.75, 3.05) is 18.0 Å². The Hall–Kier alpha value is -0.500. The van der Waals surface area contributed by atoms with Gasteiger partial charge in [0.1, 0.15) is 0 Å². The molecular formula is C11H12BrN. The van der Waals surface area contributed by atoms with E-state index in [1.54, 1.807) is 5.56 Å². The third-order valence-electron chi connectivity index (χ3n) is 3.27. The second-order valence-corrected chi connectivity index (χ2v) is 4.88. The summed E-state index contributed by atoms with van der Waals surface area (Å²) in [6, 6.07) is 6.70. The molecule has 1 aromatic rings. The lowest BCUT2D eigenvalue weighted by molar-refractivity contribution is 0.474. The van der Waals surface area contributed by atoms with Crippen molar-refractivity contribution in [2.24, 2.45) is 0 Å². The Balaban J connectivity index is 2.18. The van der Waals surface area contributed by atoms with Gasteiger partial charge in [-0.3, -0.25) is 0 Å². The topological polar surface area (TPSA) is 3.24 Å². The molecule has 13 heavy (non-hydrogen) atoms. The molecular weight excluding hydrogens is 226 g/mol. The van der Waals surface area contributed by atoms with Gasteiger partial charge in [0, 0.05) is 23.2 Å². The molecule has 0 aliphatic carbocycles. The van der Waals surface area contributed by atoms with Crippen LogP contribution in [0.3, 0.4) is 0 Å². The number of benzene rings is 1. The van der Waals surface area contributed by atoms with Crippen molar-refractivity contribution in [3.8, 4) is 0 Å². The summed E-state index contributed by atoms with van der Waals surface area (Å²) < 4.78 is 1.22. The number of anilines is 1. The SMILES string of the molecule is Brc1ccc2c(c1)C1CCN2CC1. The summed E-state index contributed by atoms with van der Waals surface area (Å²) in [5.41, 5.74) is 3.04. The van der Waals surface area contributed by atoms with Gasteiger partial charge in [-0.1, -0.05) is 15.9 Å². The van der Waals surface area contributed by atoms with Gasteiger partial charge in [0.15, 0.2) is 0 Å². The highest BCUT2D eigenvalue weighted by Gasteiger charge is 2.30. The Labute approximate surface area is 86.9 Å². The number of piperidine rings is 1. The maximum Gasteiger partial charge on any atom is 0.0402 e. The van der Waals surface area contributed by atoms with Crippen molar-refractivity contribution in [1.82, 2.24) is 0 Å². The van der Waals surface area contributed by atoms with E-state index in [2.05, 4.69) is 39.0 Å². The second kappa shape index (κ2) is 2.74. The van der Waals surface area contributed by atoms with E-state index in [-0.39, 0.29) is 0 Å². The molecule has 0 atom stereocenters. The first kappa shape index (κ1) is 7.86. The van der Waals surface area contributed by atoms with Crippen molar-refractivity contribution in [3.63, 3.8) is 0 Å². The minimum absolute atomic E-state index is 0.831. The van der Waals surface area contributed by atoms with Crippen LogP contribution in [0.2, 0.25) is 0 Å². The van der Waals surface area contributed by atoms with Crippen LogP contribution in [-0.2, 0) is 0 Å². The minimum Gasteiger partial charge on any atom is -0.371 e. The molecule has 1 saturated heterocycles. The van der Waals surface area contributed by atoms with E-state index in [0.717, 1.165) is 5.92 Å². The largest absolute Gasteiger partial charge is 0.371 e. The molecule has 2 bridgehead atoms. The normalized spacial score (nSPS) is 20.5. The third-order valence-corrected chi connectivity index (χ3v) is 3.76. The van der Waals surface area contributed by atoms with E-state index in [0.29, 0.717) is 0 Å². The van der Waals surface area contributed by atoms with Crippen molar-refractivity contribution in [2.45, 2.75) is 18.8 Å². The molecule has 3 aliphatic rings. The Morgan fingerprint density at radius 1 is 1.23 bits per heavy atom. The average molecular weight is 238 g/mol. The number of rotatable bonds is 0. The van der Waals surface area contributed by atoms with Crippen LogP contribution in [0.4, 0.5) is 5.69 Å². The fourth-order valence-corrected chi connectivity index (χ4v) is 2.95. The molecule has 0 spiro atoms. The summed E-state index contributed by atoms with van der Waals surface area (Å²) in [4.78, 5) is 2.52. The van der Waals surface area contributed by atoms with E-state index in [4.69, 9.17) is 0 Å². The van der Waals surface area contributed by atoms with Crippen LogP contribution in [0, 0.1) is 0 Å². The maximum absolute atomic E-state index is 3.54. The molecule has 1 aromatic carbocycles. The average Bonchev–Trinajstić information content (AvgIpc) is 2.19. The molecule has 1 fully saturated rings. The predicted molar refractivity (Wildman–Crippen MR) is 58.3 cm³/mol. The quantitative estimate of drug-likeness (QED) is 0.671. The number of hydrogen-bond acceptors (Lipinski definition) is 1. The lowest BCUT2D eigenvalue weighted by Gasteiger charge is -2.42. The zero-order chi connectivity index (χ0) is 8.84. The molecule has 2 heteroatoms. The highest BCUT2D eigenvalue weighted by molar-refractivity contribution is 9.10. The van der Waals surface area contributed by atoms with Gasteiger partial charge in [0.25, 0.3) is 0 Å². The molecule has 4 rings (SSSR count). The summed E-state index contributed by atoms with van der Waals surface area (Å²) >= 11 is 3.54. The molecule has 0 aromatic heterocycles. The van der Waals surface area contributed by atoms with Crippen molar-refractivity contribution < 1.29 is 0 Å². The van der Waals surface area contributed by atoms with E-state index in [1.165, 1.54) is 36.1 Å². The van der Waals surface area contributed by atoms with Gasteiger partial charge in [-0.05, 0) is 42.5 Å². The summed E-state index contributed by atoms with van der Waals surface area (Å²) in [5, 5.41) is 0. The fraction of sp³-hybridized carbons (Fsp3) is 0.455. The first-order valence-electron chi connectivity index (χ1n) is 4.89. The third kappa shape index (κ3) is 1.12. The molecule has 0 amide bonds. The summed E-state index contributed by atoms with van der Waals surface area (Å²) in [6.45, 7) is 2.53. The zero-order valence-corrected chi connectivity index (χ0v) is 9.05. The van der Waals surface area contributed by atoms with Gasteiger partial charge < -0.3 is 4.90 Å². The Kier molecular flexibility index (Phi) is 1.66. The molecule has 0 saturated carbocycles. The van der Waals surface area contributed by atoms with Gasteiger partial charge in [-0.25, -0.2) is 0 Å². The van der Waals surface area contributed by atoms with Crippen LogP contribution in [0.15, 0.2) is 22.7 Å². The highest BCUT2D eigenvalue weighted by atomic mass is 79.9. The highest BCUT2D eigenvalue weighted by Crippen LogP contribution is 2.42. The number of halogens is 1. The smallest absolute Gasteiger partial charge is 0.0402 e. The maximum atomic E-state index is 3.54. The lowest BCUT2D eigenvalue weighted by Crippen LogP contribution is -2.38. The van der Waals surface area contributed by atoms with Gasteiger partial charge in [0.05, 0.1) is 0 Å². The van der Waals surface area contributed by atoms with Crippen LogP contribution >= 0.6 is 15.9 Å². The fourth-order valence-electron chi connectivity index (χ4n) is 2.57. The van der Waals surface area contributed by atoms with Crippen molar-refractivity contribution >= 4 is 21.6 Å². The zero-order valence-electron chi connectivity index (χ0n) is 7.46. The van der Waals surface area contributed by atoms with Crippen LogP contribution < -0.4 is 4.90 Å². The standard InChI is InChI=1S/C11H12BrN/c12-9-1-2-11-10(7-9)8-3-5-13(11)6-4-8/h1-2,7-8H,3-6H2. The molecule has 3 aliphatic heterocycles. The molecule has 3 heterocycles. The monoisotopic (exact) mass is 237 g/mol. The lowest BCUT2D eigenvalue weighted by atomic mass is 9.83. The number of hydrogen-bond donors (Lipinski definition) is 0. The van der Waals surface area contributed by atoms with Gasteiger partial charge in [-0.2, -0.15) is 0 Å². The van der Waals surface area contributed by atoms with Crippen LogP contribution in [-0.4, -0.2) is 13.1 Å². The van der Waals surface area contributed by atoms with Crippen molar-refractivity contribution in [1.29, 1.82) is 0 Å². The van der Waals surface area contributed by atoms with E-state index in [1.807, 2.05) is 0 Å². The van der Waals surface area contributed by atoms with Crippen LogP contribution in [0.5, 0.6) is 0 Å². The minimum atomic E-state index is 0.831. The molecule has 0 unspecified atom stereocenters. The molecule has 0 N–H and O–H groups in total. The summed E-state index contributed by atoms with van der Waals surface area (Å²) in [5.74, 6) is 0.831. The Bertz CT molecular complexity index is 340. The first-order chi connectivity index (χ1) is 6.34. The van der Waals surface area contributed by atoms with E-state index < -0.39 is 0 Å². The number of fused-ring (bicyclic) bond motifs is 2. The van der Waals surface area contributed by atoms with Crippen molar-refractivity contribution in [3.05, 3.63) is 28.2 Å². The Morgan fingerprint density at radius 3 is 2.77 bits per heavy atom. The summed E-state index contributed by atoms with van der Waals surface area (Å²) in [6.07, 6.45) is 2.70. The van der Waals surface area contributed by atoms with Gasteiger partial charge >= 0.3 is 0 Å². The molecule has 68 valence electrons. The van der Waals surface area contributed by atoms with Crippen LogP contribution in [0.1, 0.15) is 24.3 Å². The van der Waals surface area contributed by atoms with Gasteiger partial charge in [-0.15, -0.1) is 0 Å². The molecule has 0 radical (unpaired) electrons. The second-order valence-electron chi connectivity index (χ2n) is 3.96. The molecule has 1 nitrogen and oxygen atoms in total. The first-order valence-corrected chi connectivity index (χ1v) is 5.68. The Morgan fingerprint density at radius 2 is 2.00 bits per heavy atom. The summed E-state index contributed by atoms with van der Waals surface area (Å²) in [7, 11) is 0.